The normalized spacial score (nSPS) is 14.4. The zero-order valence-electron chi connectivity index (χ0n) is 12.2. The van der Waals surface area contributed by atoms with Crippen molar-refractivity contribution in [2.75, 3.05) is 36.6 Å². The molecule has 1 saturated heterocycles. The minimum atomic E-state index is -0.520. The minimum Gasteiger partial charge on any atom is -0.378 e. The first kappa shape index (κ1) is 15.1. The molecule has 0 bridgehead atoms. The highest BCUT2D eigenvalue weighted by Crippen LogP contribution is 2.18. The number of nitrogens with zero attached hydrogens (tertiary/aromatic N) is 4. The van der Waals surface area contributed by atoms with Crippen LogP contribution in [0.5, 0.6) is 0 Å². The average molecular weight is 318 g/mol. The average Bonchev–Trinajstić information content (AvgIpc) is 2.62. The van der Waals surface area contributed by atoms with Crippen molar-refractivity contribution in [2.45, 2.75) is 0 Å². The van der Waals surface area contributed by atoms with Crippen LogP contribution in [-0.2, 0) is 4.74 Å². The highest BCUT2D eigenvalue weighted by atomic mass is 19.1. The number of rotatable bonds is 4. The topological polar surface area (TPSA) is 92.3 Å². The zero-order valence-corrected chi connectivity index (χ0v) is 12.2. The van der Waals surface area contributed by atoms with Gasteiger partial charge in [-0.3, -0.25) is 20.6 Å². The van der Waals surface area contributed by atoms with Crippen LogP contribution < -0.4 is 15.8 Å². The monoisotopic (exact) mass is 318 g/mol. The number of hydrogen-bond donors (Lipinski definition) is 2. The minimum absolute atomic E-state index is 0.0946. The molecule has 120 valence electrons. The molecule has 1 aliphatic rings. The van der Waals surface area contributed by atoms with Gasteiger partial charge in [0.15, 0.2) is 11.6 Å². The van der Waals surface area contributed by atoms with E-state index in [0.717, 1.165) is 6.20 Å². The summed E-state index contributed by atoms with van der Waals surface area (Å²) in [6.45, 7) is 2.13. The number of pyridine rings is 1. The SMILES string of the molecule is O=C(NNc1ncc(F)c(N2CCOCC2)n1)c1ccccn1. The molecule has 3 heterocycles. The van der Waals surface area contributed by atoms with Gasteiger partial charge in [0, 0.05) is 19.3 Å². The van der Waals surface area contributed by atoms with Crippen LogP contribution in [-0.4, -0.2) is 47.2 Å². The van der Waals surface area contributed by atoms with Gasteiger partial charge in [-0.05, 0) is 12.1 Å². The molecular weight excluding hydrogens is 303 g/mol. The molecule has 2 N–H and O–H groups in total. The lowest BCUT2D eigenvalue weighted by molar-refractivity contribution is 0.0957. The molecule has 3 rings (SSSR count). The summed E-state index contributed by atoms with van der Waals surface area (Å²) in [7, 11) is 0. The Morgan fingerprint density at radius 2 is 2.09 bits per heavy atom. The third-order valence-corrected chi connectivity index (χ3v) is 3.22. The molecule has 2 aromatic heterocycles. The van der Waals surface area contributed by atoms with Crippen LogP contribution in [0, 0.1) is 5.82 Å². The number of carbonyl (C=O) groups excluding carboxylic acids is 1. The largest absolute Gasteiger partial charge is 0.378 e. The number of halogens is 1. The quantitative estimate of drug-likeness (QED) is 0.798. The number of aromatic nitrogens is 3. The molecule has 9 heteroatoms. The van der Waals surface area contributed by atoms with E-state index < -0.39 is 11.7 Å². The third-order valence-electron chi connectivity index (χ3n) is 3.22. The molecule has 0 saturated carbocycles. The van der Waals surface area contributed by atoms with E-state index >= 15 is 0 Å². The number of carbonyl (C=O) groups is 1. The fourth-order valence-corrected chi connectivity index (χ4v) is 2.09. The smallest absolute Gasteiger partial charge is 0.288 e. The van der Waals surface area contributed by atoms with Gasteiger partial charge in [-0.2, -0.15) is 4.98 Å². The molecule has 0 atom stereocenters. The summed E-state index contributed by atoms with van der Waals surface area (Å²) in [4.78, 5) is 25.5. The molecule has 1 aliphatic heterocycles. The van der Waals surface area contributed by atoms with Crippen LogP contribution in [0.3, 0.4) is 0 Å². The van der Waals surface area contributed by atoms with Gasteiger partial charge >= 0.3 is 0 Å². The molecule has 0 unspecified atom stereocenters. The molecule has 23 heavy (non-hydrogen) atoms. The summed E-state index contributed by atoms with van der Waals surface area (Å²) < 4.78 is 19.1. The Morgan fingerprint density at radius 1 is 1.26 bits per heavy atom. The van der Waals surface area contributed by atoms with Crippen molar-refractivity contribution >= 4 is 17.7 Å². The second kappa shape index (κ2) is 6.97. The lowest BCUT2D eigenvalue weighted by Crippen LogP contribution is -2.38. The van der Waals surface area contributed by atoms with Gasteiger partial charge in [0.05, 0.1) is 19.4 Å². The van der Waals surface area contributed by atoms with E-state index in [4.69, 9.17) is 4.74 Å². The third kappa shape index (κ3) is 3.69. The van der Waals surface area contributed by atoms with Crippen LogP contribution >= 0.6 is 0 Å². The number of hydrogen-bond acceptors (Lipinski definition) is 7. The van der Waals surface area contributed by atoms with Crippen LogP contribution in [0.4, 0.5) is 16.2 Å². The lowest BCUT2D eigenvalue weighted by atomic mass is 10.3. The Labute approximate surface area is 131 Å². The molecule has 0 radical (unpaired) electrons. The summed E-state index contributed by atoms with van der Waals surface area (Å²) in [5.41, 5.74) is 5.23. The van der Waals surface area contributed by atoms with Crippen molar-refractivity contribution < 1.29 is 13.9 Å². The summed E-state index contributed by atoms with van der Waals surface area (Å²) >= 11 is 0. The highest BCUT2D eigenvalue weighted by molar-refractivity contribution is 5.92. The van der Waals surface area contributed by atoms with Crippen LogP contribution in [0.1, 0.15) is 10.5 Å². The molecule has 0 spiro atoms. The number of hydrazine groups is 1. The van der Waals surface area contributed by atoms with E-state index in [2.05, 4.69) is 25.8 Å². The van der Waals surface area contributed by atoms with E-state index in [-0.39, 0.29) is 17.5 Å². The van der Waals surface area contributed by atoms with Gasteiger partial charge < -0.3 is 9.64 Å². The fourth-order valence-electron chi connectivity index (χ4n) is 2.09. The predicted molar refractivity (Wildman–Crippen MR) is 80.3 cm³/mol. The summed E-state index contributed by atoms with van der Waals surface area (Å²) in [5, 5.41) is 0. The first-order chi connectivity index (χ1) is 11.2. The Balaban J connectivity index is 1.67. The number of nitrogens with one attached hydrogen (secondary N) is 2. The van der Waals surface area contributed by atoms with Crippen LogP contribution in [0.2, 0.25) is 0 Å². The first-order valence-electron chi connectivity index (χ1n) is 7.06. The van der Waals surface area contributed by atoms with Crippen molar-refractivity contribution in [1.29, 1.82) is 0 Å². The number of amides is 1. The van der Waals surface area contributed by atoms with E-state index in [1.165, 1.54) is 6.20 Å². The Bertz CT molecular complexity index is 678. The fraction of sp³-hybridized carbons (Fsp3) is 0.286. The predicted octanol–water partition coefficient (Wildman–Crippen LogP) is 0.604. The van der Waals surface area contributed by atoms with Crippen molar-refractivity contribution in [3.63, 3.8) is 0 Å². The highest BCUT2D eigenvalue weighted by Gasteiger charge is 2.18. The van der Waals surface area contributed by atoms with Crippen molar-refractivity contribution in [3.05, 3.63) is 42.1 Å². The first-order valence-corrected chi connectivity index (χ1v) is 7.06. The van der Waals surface area contributed by atoms with Crippen LogP contribution in [0.15, 0.2) is 30.6 Å². The second-order valence-electron chi connectivity index (χ2n) is 4.76. The van der Waals surface area contributed by atoms with Gasteiger partial charge in [-0.25, -0.2) is 9.37 Å². The van der Waals surface area contributed by atoms with Crippen molar-refractivity contribution in [2.24, 2.45) is 0 Å². The van der Waals surface area contributed by atoms with Crippen molar-refractivity contribution in [1.82, 2.24) is 20.4 Å². The van der Waals surface area contributed by atoms with Gasteiger partial charge in [0.1, 0.15) is 5.69 Å². The van der Waals surface area contributed by atoms with E-state index in [0.29, 0.717) is 26.3 Å². The molecular formula is C14H15FN6O2. The molecule has 8 nitrogen and oxygen atoms in total. The van der Waals surface area contributed by atoms with Gasteiger partial charge in [0.2, 0.25) is 5.95 Å². The maximum atomic E-state index is 13.9. The van der Waals surface area contributed by atoms with Gasteiger partial charge in [-0.15, -0.1) is 0 Å². The number of ether oxygens (including phenoxy) is 1. The second-order valence-corrected chi connectivity index (χ2v) is 4.76. The maximum Gasteiger partial charge on any atom is 0.288 e. The number of morpholine rings is 1. The van der Waals surface area contributed by atoms with E-state index in [1.807, 2.05) is 0 Å². The summed E-state index contributed by atoms with van der Waals surface area (Å²) in [5.74, 6) is -0.685. The molecule has 1 amide bonds. The van der Waals surface area contributed by atoms with Crippen molar-refractivity contribution in [3.8, 4) is 0 Å². The standard InChI is InChI=1S/C14H15FN6O2/c15-10-9-17-14(18-12(10)21-5-7-23-8-6-21)20-19-13(22)11-3-1-2-4-16-11/h1-4,9H,5-8H2,(H,19,22)(H,17,18,20). The Morgan fingerprint density at radius 3 is 2.83 bits per heavy atom. The summed E-state index contributed by atoms with van der Waals surface area (Å²) in [6.07, 6.45) is 2.58. The summed E-state index contributed by atoms with van der Waals surface area (Å²) in [6, 6.07) is 4.98. The van der Waals surface area contributed by atoms with Gasteiger partial charge in [-0.1, -0.05) is 6.07 Å². The zero-order chi connectivity index (χ0) is 16.1. The Kier molecular flexibility index (Phi) is 4.57. The Hall–Kier alpha value is -2.81. The lowest BCUT2D eigenvalue weighted by Gasteiger charge is -2.28. The molecule has 0 aliphatic carbocycles. The van der Waals surface area contributed by atoms with E-state index in [1.54, 1.807) is 23.1 Å². The van der Waals surface area contributed by atoms with Gasteiger partial charge in [0.25, 0.3) is 5.91 Å². The van der Waals surface area contributed by atoms with Crippen LogP contribution in [0.25, 0.3) is 0 Å². The molecule has 1 fully saturated rings. The maximum absolute atomic E-state index is 13.9. The number of anilines is 2. The molecule has 0 aromatic carbocycles. The molecule has 2 aromatic rings. The van der Waals surface area contributed by atoms with E-state index in [9.17, 15) is 9.18 Å².